The van der Waals surface area contributed by atoms with Crippen LogP contribution in [0.5, 0.6) is 0 Å². The summed E-state index contributed by atoms with van der Waals surface area (Å²) in [6.07, 6.45) is 1.57. The maximum atomic E-state index is 12.4. The number of hydrogen-bond acceptors (Lipinski definition) is 5. The summed E-state index contributed by atoms with van der Waals surface area (Å²) in [5.41, 5.74) is 0.277. The summed E-state index contributed by atoms with van der Waals surface area (Å²) in [5.74, 6) is -1.17. The lowest BCUT2D eigenvalue weighted by molar-refractivity contribution is 0.0696. The summed E-state index contributed by atoms with van der Waals surface area (Å²) >= 11 is 0. The Morgan fingerprint density at radius 2 is 2.05 bits per heavy atom. The number of anilines is 1. The zero-order valence-corrected chi connectivity index (χ0v) is 13.6. The van der Waals surface area contributed by atoms with E-state index in [1.807, 2.05) is 6.92 Å². The molecule has 0 saturated heterocycles. The van der Waals surface area contributed by atoms with Gasteiger partial charge in [0.15, 0.2) is 0 Å². The summed E-state index contributed by atoms with van der Waals surface area (Å²) in [6.45, 7) is 3.09. The van der Waals surface area contributed by atoms with Gasteiger partial charge in [-0.3, -0.25) is 0 Å². The molecule has 0 amide bonds. The maximum absolute atomic E-state index is 12.4. The van der Waals surface area contributed by atoms with Gasteiger partial charge in [0.25, 0.3) is 0 Å². The van der Waals surface area contributed by atoms with Crippen molar-refractivity contribution in [3.8, 4) is 0 Å². The van der Waals surface area contributed by atoms with E-state index in [-0.39, 0.29) is 10.5 Å². The predicted molar refractivity (Wildman–Crippen MR) is 83.9 cm³/mol. The van der Waals surface area contributed by atoms with Crippen molar-refractivity contribution in [1.29, 1.82) is 0 Å². The molecule has 0 heterocycles. The predicted octanol–water partition coefficient (Wildman–Crippen LogP) is 1.52. The van der Waals surface area contributed by atoms with Gasteiger partial charge in [-0.1, -0.05) is 13.3 Å². The number of carbonyl (C=O) groups is 1. The molecule has 22 heavy (non-hydrogen) atoms. The second kappa shape index (κ2) is 8.72. The summed E-state index contributed by atoms with van der Waals surface area (Å²) in [4.78, 5) is 11.0. The smallest absolute Gasteiger partial charge is 0.335 e. The van der Waals surface area contributed by atoms with Crippen molar-refractivity contribution in [1.82, 2.24) is 4.72 Å². The third-order valence-electron chi connectivity index (χ3n) is 2.96. The first-order valence-corrected chi connectivity index (χ1v) is 8.50. The first-order valence-electron chi connectivity index (χ1n) is 7.02. The number of rotatable bonds is 10. The van der Waals surface area contributed by atoms with Gasteiger partial charge >= 0.3 is 5.97 Å². The SMILES string of the molecule is CCCCNS(=O)(=O)c1cc(C(=O)O)ccc1NCCOC. The number of carboxylic acid groups (broad SMARTS) is 1. The third kappa shape index (κ3) is 5.28. The van der Waals surface area contributed by atoms with Crippen LogP contribution in [0, 0.1) is 0 Å². The number of hydrogen-bond donors (Lipinski definition) is 3. The number of carboxylic acids is 1. The van der Waals surface area contributed by atoms with Crippen LogP contribution in [0.4, 0.5) is 5.69 Å². The van der Waals surface area contributed by atoms with Crippen molar-refractivity contribution < 1.29 is 23.1 Å². The van der Waals surface area contributed by atoms with Crippen molar-refractivity contribution in [3.05, 3.63) is 23.8 Å². The topological polar surface area (TPSA) is 105 Å². The second-order valence-corrected chi connectivity index (χ2v) is 6.42. The molecule has 0 fully saturated rings. The molecule has 1 aromatic rings. The Morgan fingerprint density at radius 3 is 2.64 bits per heavy atom. The molecular formula is C14H22N2O5S. The molecule has 8 heteroatoms. The van der Waals surface area contributed by atoms with E-state index >= 15 is 0 Å². The van der Waals surface area contributed by atoms with Crippen LogP contribution in [0.1, 0.15) is 30.1 Å². The van der Waals surface area contributed by atoms with E-state index in [2.05, 4.69) is 10.0 Å². The Hall–Kier alpha value is -1.64. The molecule has 0 bridgehead atoms. The Morgan fingerprint density at radius 1 is 1.32 bits per heavy atom. The molecule has 0 spiro atoms. The van der Waals surface area contributed by atoms with E-state index < -0.39 is 16.0 Å². The van der Waals surface area contributed by atoms with Crippen LogP contribution < -0.4 is 10.0 Å². The number of benzene rings is 1. The molecule has 3 N–H and O–H groups in total. The van der Waals surface area contributed by atoms with Crippen molar-refractivity contribution in [2.45, 2.75) is 24.7 Å². The van der Waals surface area contributed by atoms with E-state index in [0.29, 0.717) is 31.8 Å². The van der Waals surface area contributed by atoms with Crippen LogP contribution in [0.3, 0.4) is 0 Å². The Labute approximate surface area is 130 Å². The highest BCUT2D eigenvalue weighted by Crippen LogP contribution is 2.23. The minimum absolute atomic E-state index is 0.0698. The van der Waals surface area contributed by atoms with Gasteiger partial charge in [-0.15, -0.1) is 0 Å². The minimum atomic E-state index is -3.77. The lowest BCUT2D eigenvalue weighted by atomic mass is 10.2. The summed E-state index contributed by atoms with van der Waals surface area (Å²) in [5, 5.41) is 12.0. The van der Waals surface area contributed by atoms with E-state index in [9.17, 15) is 13.2 Å². The lowest BCUT2D eigenvalue weighted by Crippen LogP contribution is -2.26. The molecule has 0 unspecified atom stereocenters. The van der Waals surface area contributed by atoms with E-state index in [1.165, 1.54) is 12.1 Å². The highest BCUT2D eigenvalue weighted by atomic mass is 32.2. The fourth-order valence-corrected chi connectivity index (χ4v) is 3.05. The van der Waals surface area contributed by atoms with Gasteiger partial charge in [-0.2, -0.15) is 0 Å². The van der Waals surface area contributed by atoms with Crippen LogP contribution in [-0.2, 0) is 14.8 Å². The number of nitrogens with one attached hydrogen (secondary N) is 2. The molecule has 1 rings (SSSR count). The summed E-state index contributed by atoms with van der Waals surface area (Å²) in [7, 11) is -2.23. The average molecular weight is 330 g/mol. The first kappa shape index (κ1) is 18.4. The molecule has 0 aliphatic heterocycles. The Balaban J connectivity index is 3.09. The number of sulfonamides is 1. The minimum Gasteiger partial charge on any atom is -0.478 e. The number of aromatic carboxylic acids is 1. The maximum Gasteiger partial charge on any atom is 0.335 e. The normalized spacial score (nSPS) is 11.4. The average Bonchev–Trinajstić information content (AvgIpc) is 2.47. The lowest BCUT2D eigenvalue weighted by Gasteiger charge is -2.14. The Kier molecular flexibility index (Phi) is 7.30. The molecule has 1 aromatic carbocycles. The van der Waals surface area contributed by atoms with E-state index in [1.54, 1.807) is 7.11 Å². The fraction of sp³-hybridized carbons (Fsp3) is 0.500. The van der Waals surface area contributed by atoms with Gasteiger partial charge in [-0.05, 0) is 24.6 Å². The quantitative estimate of drug-likeness (QED) is 0.562. The molecular weight excluding hydrogens is 308 g/mol. The fourth-order valence-electron chi connectivity index (χ4n) is 1.77. The van der Waals surface area contributed by atoms with Crippen molar-refractivity contribution in [2.24, 2.45) is 0 Å². The molecule has 0 saturated carbocycles. The highest BCUT2D eigenvalue weighted by Gasteiger charge is 2.20. The molecule has 124 valence electrons. The van der Waals surface area contributed by atoms with Crippen molar-refractivity contribution in [2.75, 3.05) is 32.1 Å². The van der Waals surface area contributed by atoms with Gasteiger partial charge in [0.1, 0.15) is 4.90 Å². The molecule has 7 nitrogen and oxygen atoms in total. The monoisotopic (exact) mass is 330 g/mol. The molecule has 0 aliphatic carbocycles. The van der Waals surface area contributed by atoms with Gasteiger partial charge in [-0.25, -0.2) is 17.9 Å². The number of ether oxygens (including phenoxy) is 1. The van der Waals surface area contributed by atoms with Gasteiger partial charge in [0.2, 0.25) is 10.0 Å². The van der Waals surface area contributed by atoms with Crippen LogP contribution >= 0.6 is 0 Å². The number of methoxy groups -OCH3 is 1. The molecule has 0 atom stereocenters. The molecule has 0 aliphatic rings. The van der Waals surface area contributed by atoms with Crippen molar-refractivity contribution >= 4 is 21.7 Å². The van der Waals surface area contributed by atoms with Crippen LogP contribution in [0.2, 0.25) is 0 Å². The van der Waals surface area contributed by atoms with Crippen LogP contribution in [-0.4, -0.2) is 46.3 Å². The van der Waals surface area contributed by atoms with Gasteiger partial charge in [0.05, 0.1) is 17.9 Å². The highest BCUT2D eigenvalue weighted by molar-refractivity contribution is 7.89. The second-order valence-electron chi connectivity index (χ2n) is 4.69. The standard InChI is InChI=1S/C14H22N2O5S/c1-3-4-7-16-22(19,20)13-10-11(14(17)18)5-6-12(13)15-8-9-21-2/h5-6,10,15-16H,3-4,7-9H2,1-2H3,(H,17,18). The zero-order chi connectivity index (χ0) is 16.6. The van der Waals surface area contributed by atoms with Crippen molar-refractivity contribution in [3.63, 3.8) is 0 Å². The van der Waals surface area contributed by atoms with Crippen LogP contribution in [0.25, 0.3) is 0 Å². The summed E-state index contributed by atoms with van der Waals surface area (Å²) in [6, 6.07) is 3.97. The first-order chi connectivity index (χ1) is 10.4. The van der Waals surface area contributed by atoms with E-state index in [4.69, 9.17) is 9.84 Å². The third-order valence-corrected chi connectivity index (χ3v) is 4.46. The van der Waals surface area contributed by atoms with Gasteiger partial charge < -0.3 is 15.2 Å². The van der Waals surface area contributed by atoms with E-state index in [0.717, 1.165) is 12.5 Å². The Bertz CT molecular complexity index is 601. The number of unbranched alkanes of at least 4 members (excludes halogenated alkanes) is 1. The molecule has 0 radical (unpaired) electrons. The largest absolute Gasteiger partial charge is 0.478 e. The summed E-state index contributed by atoms with van der Waals surface area (Å²) < 4.78 is 32.1. The van der Waals surface area contributed by atoms with Gasteiger partial charge in [0, 0.05) is 20.2 Å². The molecule has 0 aromatic heterocycles. The van der Waals surface area contributed by atoms with Crippen LogP contribution in [0.15, 0.2) is 23.1 Å². The zero-order valence-electron chi connectivity index (χ0n) is 12.8.